The molecule has 0 saturated heterocycles. The third kappa shape index (κ3) is 0.867. The third-order valence-corrected chi connectivity index (χ3v) is 3.09. The minimum atomic E-state index is -0.109. The number of hydrogen-bond donors (Lipinski definition) is 2. The molecule has 3 aliphatic rings. The second-order valence-corrected chi connectivity index (χ2v) is 3.70. The average Bonchev–Trinajstić information content (AvgIpc) is 1.91. The van der Waals surface area contributed by atoms with Crippen LogP contribution in [-0.4, -0.2) is 22.4 Å². The van der Waals surface area contributed by atoms with Crippen LogP contribution >= 0.6 is 0 Å². The molecule has 2 nitrogen and oxygen atoms in total. The van der Waals surface area contributed by atoms with E-state index in [9.17, 15) is 10.2 Å². The van der Waals surface area contributed by atoms with E-state index in [-0.39, 0.29) is 12.2 Å². The fraction of sp³-hybridized carbons (Fsp3) is 1.00. The van der Waals surface area contributed by atoms with E-state index in [0.717, 1.165) is 25.7 Å². The van der Waals surface area contributed by atoms with Gasteiger partial charge in [-0.2, -0.15) is 0 Å². The van der Waals surface area contributed by atoms with Crippen molar-refractivity contribution >= 4 is 0 Å². The fourth-order valence-corrected chi connectivity index (χ4v) is 2.37. The van der Waals surface area contributed by atoms with E-state index in [1.54, 1.807) is 0 Å². The van der Waals surface area contributed by atoms with Crippen LogP contribution < -0.4 is 0 Å². The van der Waals surface area contributed by atoms with Crippen molar-refractivity contribution in [2.45, 2.75) is 37.9 Å². The molecule has 0 aromatic heterocycles. The number of aliphatic hydroxyl groups excluding tert-OH is 2. The zero-order valence-corrected chi connectivity index (χ0v) is 6.03. The van der Waals surface area contributed by atoms with Crippen molar-refractivity contribution < 1.29 is 10.2 Å². The van der Waals surface area contributed by atoms with Crippen molar-refractivity contribution in [2.75, 3.05) is 0 Å². The molecule has 2 N–H and O–H groups in total. The van der Waals surface area contributed by atoms with E-state index in [1.807, 2.05) is 0 Å². The molecule has 58 valence electrons. The second kappa shape index (κ2) is 2.21. The van der Waals surface area contributed by atoms with Crippen molar-refractivity contribution in [3.63, 3.8) is 0 Å². The molecule has 2 bridgehead atoms. The summed E-state index contributed by atoms with van der Waals surface area (Å²) in [6.45, 7) is 0. The third-order valence-electron chi connectivity index (χ3n) is 3.09. The molecule has 0 spiro atoms. The van der Waals surface area contributed by atoms with Crippen LogP contribution in [0, 0.1) is 11.8 Å². The summed E-state index contributed by atoms with van der Waals surface area (Å²) in [6.07, 6.45) is 3.72. The van der Waals surface area contributed by atoms with Crippen LogP contribution in [0.2, 0.25) is 0 Å². The molecule has 2 heteroatoms. The summed E-state index contributed by atoms with van der Waals surface area (Å²) in [4.78, 5) is 0. The molecule has 3 fully saturated rings. The van der Waals surface area contributed by atoms with Gasteiger partial charge in [0, 0.05) is 0 Å². The maximum Gasteiger partial charge on any atom is 0.0573 e. The molecular weight excluding hydrogens is 128 g/mol. The Morgan fingerprint density at radius 1 is 0.800 bits per heavy atom. The molecule has 0 unspecified atom stereocenters. The summed E-state index contributed by atoms with van der Waals surface area (Å²) in [6, 6.07) is 0. The molecule has 4 atom stereocenters. The smallest absolute Gasteiger partial charge is 0.0573 e. The van der Waals surface area contributed by atoms with E-state index in [2.05, 4.69) is 0 Å². The van der Waals surface area contributed by atoms with Crippen LogP contribution in [0.3, 0.4) is 0 Å². The molecule has 0 heterocycles. The first-order valence-electron chi connectivity index (χ1n) is 4.13. The van der Waals surface area contributed by atoms with Gasteiger partial charge >= 0.3 is 0 Å². The Labute approximate surface area is 60.9 Å². The Hall–Kier alpha value is -0.0800. The first-order valence-corrected chi connectivity index (χ1v) is 4.13. The molecule has 0 aromatic rings. The van der Waals surface area contributed by atoms with E-state index in [1.165, 1.54) is 0 Å². The summed E-state index contributed by atoms with van der Waals surface area (Å²) in [7, 11) is 0. The fourth-order valence-electron chi connectivity index (χ4n) is 2.37. The Balaban J connectivity index is 2.09. The topological polar surface area (TPSA) is 40.5 Å². The molecular formula is C8H14O2. The molecule has 0 aliphatic heterocycles. The highest BCUT2D eigenvalue weighted by atomic mass is 16.3. The monoisotopic (exact) mass is 142 g/mol. The second-order valence-electron chi connectivity index (χ2n) is 3.70. The van der Waals surface area contributed by atoms with E-state index >= 15 is 0 Å². The van der Waals surface area contributed by atoms with Crippen molar-refractivity contribution in [3.05, 3.63) is 0 Å². The minimum absolute atomic E-state index is 0.109. The molecule has 0 radical (unpaired) electrons. The first kappa shape index (κ1) is 6.62. The molecule has 3 aliphatic carbocycles. The summed E-state index contributed by atoms with van der Waals surface area (Å²) in [5, 5.41) is 18.8. The maximum atomic E-state index is 9.41. The van der Waals surface area contributed by atoms with Gasteiger partial charge in [-0.1, -0.05) is 0 Å². The quantitative estimate of drug-likeness (QED) is 0.518. The standard InChI is InChI=1S/C8H14O2/c9-7-4-6-2-1-5(7)3-8(6)10/h5-10H,1-4H2/t5-,6-,7+,8+/m0/s1. The summed E-state index contributed by atoms with van der Waals surface area (Å²) in [5.74, 6) is 0.806. The molecule has 0 aromatic carbocycles. The summed E-state index contributed by atoms with van der Waals surface area (Å²) >= 11 is 0. The SMILES string of the molecule is O[C@@H]1C[C@@H]2CC[C@H]1C[C@H]2O. The van der Waals surface area contributed by atoms with Crippen molar-refractivity contribution in [1.29, 1.82) is 0 Å². The molecule has 3 rings (SSSR count). The Morgan fingerprint density at radius 3 is 1.40 bits per heavy atom. The Morgan fingerprint density at radius 2 is 1.20 bits per heavy atom. The van der Waals surface area contributed by atoms with Gasteiger partial charge in [-0.25, -0.2) is 0 Å². The van der Waals surface area contributed by atoms with Crippen LogP contribution in [0.1, 0.15) is 25.7 Å². The number of rotatable bonds is 0. The van der Waals surface area contributed by atoms with Crippen LogP contribution in [0.25, 0.3) is 0 Å². The van der Waals surface area contributed by atoms with Crippen molar-refractivity contribution in [3.8, 4) is 0 Å². The van der Waals surface area contributed by atoms with E-state index < -0.39 is 0 Å². The predicted octanol–water partition coefficient (Wildman–Crippen LogP) is 0.528. The van der Waals surface area contributed by atoms with Crippen LogP contribution in [0.5, 0.6) is 0 Å². The average molecular weight is 142 g/mol. The molecule has 0 amide bonds. The summed E-state index contributed by atoms with van der Waals surface area (Å²) in [5.41, 5.74) is 0. The van der Waals surface area contributed by atoms with Gasteiger partial charge in [-0.15, -0.1) is 0 Å². The largest absolute Gasteiger partial charge is 0.393 e. The van der Waals surface area contributed by atoms with Gasteiger partial charge < -0.3 is 10.2 Å². The Bertz CT molecular complexity index is 119. The zero-order chi connectivity index (χ0) is 7.14. The van der Waals surface area contributed by atoms with Crippen LogP contribution in [-0.2, 0) is 0 Å². The first-order chi connectivity index (χ1) is 4.77. The van der Waals surface area contributed by atoms with Gasteiger partial charge in [0.05, 0.1) is 12.2 Å². The lowest BCUT2D eigenvalue weighted by atomic mass is 9.67. The lowest BCUT2D eigenvalue weighted by Gasteiger charge is -2.42. The lowest BCUT2D eigenvalue weighted by molar-refractivity contribution is -0.0715. The predicted molar refractivity (Wildman–Crippen MR) is 37.5 cm³/mol. The number of fused-ring (bicyclic) bond motifs is 3. The summed E-state index contributed by atoms with van der Waals surface area (Å²) < 4.78 is 0. The highest BCUT2D eigenvalue weighted by Crippen LogP contribution is 2.41. The lowest BCUT2D eigenvalue weighted by Crippen LogP contribution is -2.43. The van der Waals surface area contributed by atoms with Gasteiger partial charge in [0.15, 0.2) is 0 Å². The maximum absolute atomic E-state index is 9.41. The Kier molecular flexibility index (Phi) is 1.46. The molecule has 10 heavy (non-hydrogen) atoms. The van der Waals surface area contributed by atoms with Crippen molar-refractivity contribution in [2.24, 2.45) is 11.8 Å². The van der Waals surface area contributed by atoms with Gasteiger partial charge in [0.2, 0.25) is 0 Å². The highest BCUT2D eigenvalue weighted by Gasteiger charge is 2.39. The van der Waals surface area contributed by atoms with Crippen LogP contribution in [0.15, 0.2) is 0 Å². The van der Waals surface area contributed by atoms with Crippen molar-refractivity contribution in [1.82, 2.24) is 0 Å². The zero-order valence-electron chi connectivity index (χ0n) is 6.03. The van der Waals surface area contributed by atoms with Gasteiger partial charge in [-0.05, 0) is 37.5 Å². The normalized spacial score (nSPS) is 53.4. The van der Waals surface area contributed by atoms with Gasteiger partial charge in [0.25, 0.3) is 0 Å². The number of aliphatic hydroxyl groups is 2. The minimum Gasteiger partial charge on any atom is -0.393 e. The van der Waals surface area contributed by atoms with Crippen LogP contribution in [0.4, 0.5) is 0 Å². The number of hydrogen-bond acceptors (Lipinski definition) is 2. The van der Waals surface area contributed by atoms with Gasteiger partial charge in [-0.3, -0.25) is 0 Å². The van der Waals surface area contributed by atoms with E-state index in [0.29, 0.717) is 11.8 Å². The van der Waals surface area contributed by atoms with E-state index in [4.69, 9.17) is 0 Å². The molecule has 3 saturated carbocycles. The van der Waals surface area contributed by atoms with Gasteiger partial charge in [0.1, 0.15) is 0 Å². The highest BCUT2D eigenvalue weighted by molar-refractivity contribution is 4.91.